The number of esters is 1. The molecule has 6 heteroatoms. The van der Waals surface area contributed by atoms with Gasteiger partial charge < -0.3 is 14.5 Å². The number of halogens is 1. The zero-order chi connectivity index (χ0) is 14.0. The molecular weight excluding hydrogens is 270 g/mol. The molecule has 1 amide bonds. The quantitative estimate of drug-likeness (QED) is 0.694. The molecule has 0 unspecified atom stereocenters. The molecule has 0 fully saturated rings. The number of alkyl halides is 1. The standard InChI is InChI=1S/C13H12ClNO4/c1-7(16)15-11-9-5-8(6-14)3-4-10(9)19-12(11)13(17)18-2/h3-5H,6H2,1-2H3,(H,15,16). The summed E-state index contributed by atoms with van der Waals surface area (Å²) in [6.45, 7) is 1.35. The molecule has 0 aliphatic heterocycles. The van der Waals surface area contributed by atoms with Crippen molar-refractivity contribution in [3.63, 3.8) is 0 Å². The molecule has 0 atom stereocenters. The highest BCUT2D eigenvalue weighted by Gasteiger charge is 2.22. The van der Waals surface area contributed by atoms with Gasteiger partial charge in [0.25, 0.3) is 0 Å². The molecule has 0 saturated heterocycles. The Kier molecular flexibility index (Phi) is 3.76. The predicted octanol–water partition coefficient (Wildman–Crippen LogP) is 2.92. The molecule has 2 rings (SSSR count). The van der Waals surface area contributed by atoms with Crippen LogP contribution in [0.4, 0.5) is 5.69 Å². The van der Waals surface area contributed by atoms with Gasteiger partial charge in [-0.3, -0.25) is 4.79 Å². The summed E-state index contributed by atoms with van der Waals surface area (Å²) in [5.41, 5.74) is 1.65. The van der Waals surface area contributed by atoms with E-state index in [2.05, 4.69) is 10.1 Å². The summed E-state index contributed by atoms with van der Waals surface area (Å²) in [7, 11) is 1.25. The highest BCUT2D eigenvalue weighted by Crippen LogP contribution is 2.32. The summed E-state index contributed by atoms with van der Waals surface area (Å²) >= 11 is 5.77. The summed E-state index contributed by atoms with van der Waals surface area (Å²) in [5.74, 6) is -0.648. The van der Waals surface area contributed by atoms with Gasteiger partial charge in [-0.1, -0.05) is 6.07 Å². The van der Waals surface area contributed by atoms with Gasteiger partial charge in [0.05, 0.1) is 7.11 Å². The summed E-state index contributed by atoms with van der Waals surface area (Å²) in [4.78, 5) is 22.9. The molecule has 0 spiro atoms. The van der Waals surface area contributed by atoms with E-state index in [-0.39, 0.29) is 11.7 Å². The first-order valence-electron chi connectivity index (χ1n) is 5.54. The number of amides is 1. The maximum absolute atomic E-state index is 11.6. The number of carbonyl (C=O) groups excluding carboxylic acids is 2. The van der Waals surface area contributed by atoms with E-state index in [9.17, 15) is 9.59 Å². The smallest absolute Gasteiger partial charge is 0.376 e. The van der Waals surface area contributed by atoms with Crippen LogP contribution in [0, 0.1) is 0 Å². The van der Waals surface area contributed by atoms with Crippen molar-refractivity contribution in [1.29, 1.82) is 0 Å². The minimum absolute atomic E-state index is 0.0283. The number of hydrogen-bond acceptors (Lipinski definition) is 4. The van der Waals surface area contributed by atoms with Crippen LogP contribution in [0.3, 0.4) is 0 Å². The van der Waals surface area contributed by atoms with E-state index in [1.807, 2.05) is 0 Å². The van der Waals surface area contributed by atoms with Crippen LogP contribution in [0.1, 0.15) is 23.0 Å². The topological polar surface area (TPSA) is 68.5 Å². The van der Waals surface area contributed by atoms with E-state index in [0.29, 0.717) is 22.5 Å². The fraction of sp³-hybridized carbons (Fsp3) is 0.231. The Hall–Kier alpha value is -2.01. The molecule has 0 bridgehead atoms. The highest BCUT2D eigenvalue weighted by atomic mass is 35.5. The number of rotatable bonds is 3. The van der Waals surface area contributed by atoms with Crippen molar-refractivity contribution < 1.29 is 18.7 Å². The average Bonchev–Trinajstić information content (AvgIpc) is 2.75. The lowest BCUT2D eigenvalue weighted by molar-refractivity contribution is -0.114. The van der Waals surface area contributed by atoms with Gasteiger partial charge in [0.2, 0.25) is 11.7 Å². The number of hydrogen-bond donors (Lipinski definition) is 1. The maximum Gasteiger partial charge on any atom is 0.376 e. The first kappa shape index (κ1) is 13.4. The highest BCUT2D eigenvalue weighted by molar-refractivity contribution is 6.17. The van der Waals surface area contributed by atoms with Crippen molar-refractivity contribution in [2.75, 3.05) is 12.4 Å². The van der Waals surface area contributed by atoms with Crippen molar-refractivity contribution in [3.8, 4) is 0 Å². The average molecular weight is 282 g/mol. The lowest BCUT2D eigenvalue weighted by Gasteiger charge is -2.02. The molecule has 0 saturated carbocycles. The number of fused-ring (bicyclic) bond motifs is 1. The first-order chi connectivity index (χ1) is 9.06. The Morgan fingerprint density at radius 3 is 2.74 bits per heavy atom. The first-order valence-corrected chi connectivity index (χ1v) is 6.07. The number of methoxy groups -OCH3 is 1. The van der Waals surface area contributed by atoms with E-state index in [1.54, 1.807) is 18.2 Å². The summed E-state index contributed by atoms with van der Waals surface area (Å²) in [6.07, 6.45) is 0. The monoisotopic (exact) mass is 281 g/mol. The SMILES string of the molecule is COC(=O)c1oc2ccc(CCl)cc2c1NC(C)=O. The third-order valence-electron chi connectivity index (χ3n) is 2.58. The second kappa shape index (κ2) is 5.32. The van der Waals surface area contributed by atoms with Crippen molar-refractivity contribution in [3.05, 3.63) is 29.5 Å². The van der Waals surface area contributed by atoms with Crippen molar-refractivity contribution in [2.24, 2.45) is 0 Å². The van der Waals surface area contributed by atoms with Gasteiger partial charge in [0, 0.05) is 18.2 Å². The summed E-state index contributed by atoms with van der Waals surface area (Å²) in [5, 5.41) is 3.21. The Bertz CT molecular complexity index is 647. The number of ether oxygens (including phenoxy) is 1. The zero-order valence-electron chi connectivity index (χ0n) is 10.5. The third kappa shape index (κ3) is 2.56. The lowest BCUT2D eigenvalue weighted by atomic mass is 10.1. The van der Waals surface area contributed by atoms with Crippen molar-refractivity contribution in [1.82, 2.24) is 0 Å². The van der Waals surface area contributed by atoms with Gasteiger partial charge in [-0.15, -0.1) is 11.6 Å². The summed E-state index contributed by atoms with van der Waals surface area (Å²) in [6, 6.07) is 5.26. The minimum atomic E-state index is -0.646. The molecule has 0 aliphatic rings. The fourth-order valence-electron chi connectivity index (χ4n) is 1.76. The van der Waals surface area contributed by atoms with Crippen LogP contribution in [0.2, 0.25) is 0 Å². The molecule has 19 heavy (non-hydrogen) atoms. The van der Waals surface area contributed by atoms with Gasteiger partial charge in [-0.05, 0) is 17.7 Å². The molecule has 0 radical (unpaired) electrons. The Morgan fingerprint density at radius 2 is 2.16 bits per heavy atom. The van der Waals surface area contributed by atoms with Crippen molar-refractivity contribution >= 4 is 40.1 Å². The molecule has 1 N–H and O–H groups in total. The predicted molar refractivity (Wildman–Crippen MR) is 71.4 cm³/mol. The van der Waals surface area contributed by atoms with Crippen LogP contribution in [0.15, 0.2) is 22.6 Å². The number of nitrogens with one attached hydrogen (secondary N) is 1. The van der Waals surface area contributed by atoms with Crippen LogP contribution in [-0.4, -0.2) is 19.0 Å². The van der Waals surface area contributed by atoms with Crippen LogP contribution >= 0.6 is 11.6 Å². The normalized spacial score (nSPS) is 10.5. The van der Waals surface area contributed by atoms with Gasteiger partial charge in [-0.2, -0.15) is 0 Å². The number of furan rings is 1. The van der Waals surface area contributed by atoms with E-state index in [0.717, 1.165) is 5.56 Å². The van der Waals surface area contributed by atoms with E-state index < -0.39 is 5.97 Å². The lowest BCUT2D eigenvalue weighted by Crippen LogP contribution is -2.10. The minimum Gasteiger partial charge on any atom is -0.463 e. The second-order valence-electron chi connectivity index (χ2n) is 3.94. The third-order valence-corrected chi connectivity index (χ3v) is 2.89. The molecular formula is C13H12ClNO4. The van der Waals surface area contributed by atoms with Gasteiger partial charge in [0.15, 0.2) is 0 Å². The number of benzene rings is 1. The van der Waals surface area contributed by atoms with Crippen LogP contribution in [0.5, 0.6) is 0 Å². The summed E-state index contributed by atoms with van der Waals surface area (Å²) < 4.78 is 10.1. The zero-order valence-corrected chi connectivity index (χ0v) is 11.2. The fourth-order valence-corrected chi connectivity index (χ4v) is 1.93. The number of carbonyl (C=O) groups is 2. The molecule has 1 aromatic carbocycles. The van der Waals surface area contributed by atoms with E-state index in [1.165, 1.54) is 14.0 Å². The molecule has 1 heterocycles. The van der Waals surface area contributed by atoms with E-state index >= 15 is 0 Å². The second-order valence-corrected chi connectivity index (χ2v) is 4.21. The van der Waals surface area contributed by atoms with E-state index in [4.69, 9.17) is 16.0 Å². The van der Waals surface area contributed by atoms with Gasteiger partial charge in [0.1, 0.15) is 11.3 Å². The molecule has 5 nitrogen and oxygen atoms in total. The van der Waals surface area contributed by atoms with Crippen LogP contribution in [-0.2, 0) is 15.4 Å². The van der Waals surface area contributed by atoms with Crippen LogP contribution in [0.25, 0.3) is 11.0 Å². The van der Waals surface area contributed by atoms with Gasteiger partial charge >= 0.3 is 5.97 Å². The van der Waals surface area contributed by atoms with Crippen LogP contribution < -0.4 is 5.32 Å². The van der Waals surface area contributed by atoms with Gasteiger partial charge in [-0.25, -0.2) is 4.79 Å². The Morgan fingerprint density at radius 1 is 1.42 bits per heavy atom. The van der Waals surface area contributed by atoms with Crippen molar-refractivity contribution in [2.45, 2.75) is 12.8 Å². The molecule has 100 valence electrons. The molecule has 0 aliphatic carbocycles. The Balaban J connectivity index is 2.67. The Labute approximate surface area is 114 Å². The maximum atomic E-state index is 11.6. The molecule has 2 aromatic rings. The largest absolute Gasteiger partial charge is 0.463 e. The molecule has 1 aromatic heterocycles. The number of anilines is 1.